The molecule has 0 unspecified atom stereocenters. The van der Waals surface area contributed by atoms with Gasteiger partial charge in [0.2, 0.25) is 0 Å². The van der Waals surface area contributed by atoms with Gasteiger partial charge in [0.25, 0.3) is 12.3 Å². The van der Waals surface area contributed by atoms with Crippen LogP contribution in [0.5, 0.6) is 0 Å². The summed E-state index contributed by atoms with van der Waals surface area (Å²) in [5.41, 5.74) is 0.842. The molecule has 1 aliphatic carbocycles. The SMILES string of the molecule is C=C(CC)C1(c2noc(-c3cc(C(F)F)[nH]n3)n2)CC1. The summed E-state index contributed by atoms with van der Waals surface area (Å²) in [5.74, 6) is 0.722. The Bertz CT molecular complexity index is 642. The third-order valence-electron chi connectivity index (χ3n) is 3.76. The molecule has 7 heteroatoms. The predicted octanol–water partition coefficient (Wildman–Crippen LogP) is 3.40. The number of aromatic nitrogens is 4. The van der Waals surface area contributed by atoms with Crippen molar-refractivity contribution in [3.05, 3.63) is 29.7 Å². The fourth-order valence-corrected chi connectivity index (χ4v) is 2.28. The molecule has 1 aliphatic rings. The van der Waals surface area contributed by atoms with Crippen LogP contribution in [0.1, 0.15) is 44.1 Å². The highest BCUT2D eigenvalue weighted by molar-refractivity contribution is 5.48. The van der Waals surface area contributed by atoms with E-state index < -0.39 is 6.43 Å². The van der Waals surface area contributed by atoms with Crippen molar-refractivity contribution in [2.24, 2.45) is 0 Å². The monoisotopic (exact) mass is 280 g/mol. The van der Waals surface area contributed by atoms with Gasteiger partial charge in [-0.05, 0) is 25.3 Å². The van der Waals surface area contributed by atoms with Gasteiger partial charge in [-0.15, -0.1) is 0 Å². The highest BCUT2D eigenvalue weighted by Crippen LogP contribution is 2.53. The van der Waals surface area contributed by atoms with Gasteiger partial charge in [0.15, 0.2) is 11.5 Å². The maximum atomic E-state index is 12.5. The summed E-state index contributed by atoms with van der Waals surface area (Å²) in [5, 5.41) is 9.98. The summed E-state index contributed by atoms with van der Waals surface area (Å²) in [6.45, 7) is 6.08. The Morgan fingerprint density at radius 1 is 1.55 bits per heavy atom. The third-order valence-corrected chi connectivity index (χ3v) is 3.76. The molecule has 3 rings (SSSR count). The van der Waals surface area contributed by atoms with E-state index in [1.165, 1.54) is 6.07 Å². The summed E-state index contributed by atoms with van der Waals surface area (Å²) < 4.78 is 30.1. The molecule has 1 fully saturated rings. The lowest BCUT2D eigenvalue weighted by atomic mass is 9.94. The standard InChI is InChI=1S/C13H14F2N4O/c1-3-7(2)13(4-5-13)12-16-11(20-19-12)9-6-8(10(14)15)17-18-9/h6,10H,2-5H2,1H3,(H,17,18). The van der Waals surface area contributed by atoms with Gasteiger partial charge in [0.1, 0.15) is 5.69 Å². The fraction of sp³-hybridized carbons (Fsp3) is 0.462. The molecule has 0 radical (unpaired) electrons. The molecule has 106 valence electrons. The van der Waals surface area contributed by atoms with Crippen LogP contribution in [-0.4, -0.2) is 20.3 Å². The Balaban J connectivity index is 1.88. The Morgan fingerprint density at radius 2 is 2.30 bits per heavy atom. The van der Waals surface area contributed by atoms with Crippen molar-refractivity contribution >= 4 is 0 Å². The summed E-state index contributed by atoms with van der Waals surface area (Å²) in [6.07, 6.45) is 0.137. The van der Waals surface area contributed by atoms with E-state index in [2.05, 4.69) is 26.9 Å². The first-order valence-electron chi connectivity index (χ1n) is 6.43. The zero-order valence-corrected chi connectivity index (χ0v) is 11.0. The van der Waals surface area contributed by atoms with Gasteiger partial charge in [-0.25, -0.2) is 8.78 Å². The topological polar surface area (TPSA) is 67.6 Å². The molecule has 5 nitrogen and oxygen atoms in total. The van der Waals surface area contributed by atoms with Crippen LogP contribution in [0.25, 0.3) is 11.6 Å². The second-order valence-electron chi connectivity index (χ2n) is 4.97. The average molecular weight is 280 g/mol. The molecule has 20 heavy (non-hydrogen) atoms. The summed E-state index contributed by atoms with van der Waals surface area (Å²) in [6, 6.07) is 1.22. The van der Waals surface area contributed by atoms with Crippen LogP contribution in [0.2, 0.25) is 0 Å². The maximum Gasteiger partial charge on any atom is 0.279 e. The normalized spacial score (nSPS) is 16.6. The lowest BCUT2D eigenvalue weighted by molar-refractivity contribution is 0.146. The van der Waals surface area contributed by atoms with E-state index in [-0.39, 0.29) is 22.7 Å². The molecule has 1 saturated carbocycles. The number of nitrogens with zero attached hydrogens (tertiary/aromatic N) is 3. The van der Waals surface area contributed by atoms with Crippen LogP contribution >= 0.6 is 0 Å². The Labute approximate surface area is 114 Å². The van der Waals surface area contributed by atoms with Gasteiger partial charge >= 0.3 is 0 Å². The number of hydrogen-bond acceptors (Lipinski definition) is 4. The lowest BCUT2D eigenvalue weighted by Gasteiger charge is -2.11. The van der Waals surface area contributed by atoms with Gasteiger partial charge in [-0.3, -0.25) is 5.10 Å². The van der Waals surface area contributed by atoms with Crippen LogP contribution in [-0.2, 0) is 5.41 Å². The molecule has 2 heterocycles. The van der Waals surface area contributed by atoms with E-state index in [1.54, 1.807) is 0 Å². The first kappa shape index (κ1) is 13.0. The Hall–Kier alpha value is -2.05. The minimum absolute atomic E-state index is 0.151. The molecular formula is C13H14F2N4O. The van der Waals surface area contributed by atoms with Crippen molar-refractivity contribution in [3.63, 3.8) is 0 Å². The zero-order valence-electron chi connectivity index (χ0n) is 11.0. The van der Waals surface area contributed by atoms with Crippen LogP contribution in [0.3, 0.4) is 0 Å². The predicted molar refractivity (Wildman–Crippen MR) is 67.2 cm³/mol. The van der Waals surface area contributed by atoms with Gasteiger partial charge in [0, 0.05) is 0 Å². The number of aromatic amines is 1. The molecule has 2 aromatic rings. The van der Waals surface area contributed by atoms with Crippen molar-refractivity contribution in [1.29, 1.82) is 0 Å². The smallest absolute Gasteiger partial charge is 0.279 e. The summed E-state index contributed by atoms with van der Waals surface area (Å²) in [4.78, 5) is 4.29. The largest absolute Gasteiger partial charge is 0.332 e. The van der Waals surface area contributed by atoms with Gasteiger partial charge in [-0.1, -0.05) is 24.2 Å². The second kappa shape index (κ2) is 4.50. The van der Waals surface area contributed by atoms with E-state index in [4.69, 9.17) is 4.52 Å². The number of nitrogens with one attached hydrogen (secondary N) is 1. The van der Waals surface area contributed by atoms with E-state index >= 15 is 0 Å². The van der Waals surface area contributed by atoms with Crippen molar-refractivity contribution in [2.75, 3.05) is 0 Å². The first-order valence-corrected chi connectivity index (χ1v) is 6.43. The number of alkyl halides is 2. The fourth-order valence-electron chi connectivity index (χ4n) is 2.28. The number of H-pyrrole nitrogens is 1. The molecule has 1 N–H and O–H groups in total. The molecule has 0 saturated heterocycles. The van der Waals surface area contributed by atoms with E-state index in [1.807, 2.05) is 6.92 Å². The highest BCUT2D eigenvalue weighted by atomic mass is 19.3. The molecule has 0 aromatic carbocycles. The van der Waals surface area contributed by atoms with E-state index in [0.29, 0.717) is 5.82 Å². The van der Waals surface area contributed by atoms with E-state index in [0.717, 1.165) is 24.8 Å². The minimum Gasteiger partial charge on any atom is -0.332 e. The van der Waals surface area contributed by atoms with Gasteiger partial charge < -0.3 is 4.52 Å². The summed E-state index contributed by atoms with van der Waals surface area (Å²) >= 11 is 0. The number of hydrogen-bond donors (Lipinski definition) is 1. The van der Waals surface area contributed by atoms with Crippen molar-refractivity contribution in [3.8, 4) is 11.6 Å². The maximum absolute atomic E-state index is 12.5. The van der Waals surface area contributed by atoms with Crippen LogP contribution in [0, 0.1) is 0 Å². The van der Waals surface area contributed by atoms with Gasteiger partial charge in [-0.2, -0.15) is 10.1 Å². The molecule has 0 amide bonds. The molecule has 0 atom stereocenters. The molecule has 0 bridgehead atoms. The zero-order chi connectivity index (χ0) is 14.3. The first-order chi connectivity index (χ1) is 9.56. The van der Waals surface area contributed by atoms with Gasteiger partial charge in [0.05, 0.1) is 5.41 Å². The van der Waals surface area contributed by atoms with Crippen molar-refractivity contribution < 1.29 is 13.3 Å². The highest BCUT2D eigenvalue weighted by Gasteiger charge is 2.50. The quantitative estimate of drug-likeness (QED) is 0.852. The molecular weight excluding hydrogens is 266 g/mol. The van der Waals surface area contributed by atoms with Crippen LogP contribution in [0.4, 0.5) is 8.78 Å². The average Bonchev–Trinajstić information content (AvgIpc) is 2.91. The third kappa shape index (κ3) is 1.93. The van der Waals surface area contributed by atoms with Crippen LogP contribution < -0.4 is 0 Å². The molecule has 0 spiro atoms. The molecule has 0 aliphatic heterocycles. The number of rotatable bonds is 5. The molecule has 2 aromatic heterocycles. The van der Waals surface area contributed by atoms with Crippen molar-refractivity contribution in [2.45, 2.75) is 38.0 Å². The van der Waals surface area contributed by atoms with E-state index in [9.17, 15) is 8.78 Å². The second-order valence-corrected chi connectivity index (χ2v) is 4.97. The Morgan fingerprint density at radius 3 is 2.85 bits per heavy atom. The van der Waals surface area contributed by atoms with Crippen molar-refractivity contribution in [1.82, 2.24) is 20.3 Å². The lowest BCUT2D eigenvalue weighted by Crippen LogP contribution is -2.11. The Kier molecular flexibility index (Phi) is 2.92. The summed E-state index contributed by atoms with van der Waals surface area (Å²) in [7, 11) is 0. The minimum atomic E-state index is -2.60. The number of allylic oxidation sites excluding steroid dienone is 1. The number of halogens is 2. The van der Waals surface area contributed by atoms with Crippen LogP contribution in [0.15, 0.2) is 22.7 Å².